The van der Waals surface area contributed by atoms with Crippen LogP contribution in [0.5, 0.6) is 0 Å². The van der Waals surface area contributed by atoms with Gasteiger partial charge in [-0.15, -0.1) is 0 Å². The van der Waals surface area contributed by atoms with Gasteiger partial charge in [-0.2, -0.15) is 0 Å². The van der Waals surface area contributed by atoms with E-state index in [4.69, 9.17) is 5.73 Å². The van der Waals surface area contributed by atoms with Crippen LogP contribution in [0.3, 0.4) is 0 Å². The van der Waals surface area contributed by atoms with Crippen molar-refractivity contribution in [2.24, 2.45) is 23.5 Å². The summed E-state index contributed by atoms with van der Waals surface area (Å²) in [5, 5.41) is 0. The van der Waals surface area contributed by atoms with E-state index >= 15 is 0 Å². The summed E-state index contributed by atoms with van der Waals surface area (Å²) in [7, 11) is 0. The van der Waals surface area contributed by atoms with Crippen molar-refractivity contribution in [3.8, 4) is 0 Å². The quantitative estimate of drug-likeness (QED) is 0.908. The average Bonchev–Trinajstić information content (AvgIpc) is 2.91. The highest BCUT2D eigenvalue weighted by atomic mass is 79.9. The Kier molecular flexibility index (Phi) is 2.99. The highest BCUT2D eigenvalue weighted by Gasteiger charge is 2.47. The molecule has 17 heavy (non-hydrogen) atoms. The Balaban J connectivity index is 1.63. The fourth-order valence-corrected chi connectivity index (χ4v) is 3.64. The van der Waals surface area contributed by atoms with Gasteiger partial charge in [-0.05, 0) is 77.1 Å². The van der Waals surface area contributed by atoms with Crippen LogP contribution in [-0.4, -0.2) is 6.04 Å². The molecule has 3 atom stereocenters. The normalized spacial score (nSPS) is 32.3. The van der Waals surface area contributed by atoms with Crippen LogP contribution >= 0.6 is 15.9 Å². The molecule has 1 aromatic rings. The fourth-order valence-electron chi connectivity index (χ4n) is 3.22. The Morgan fingerprint density at radius 1 is 1.29 bits per heavy atom. The molecule has 2 N–H and O–H groups in total. The zero-order valence-corrected chi connectivity index (χ0v) is 11.3. The second-order valence-electron chi connectivity index (χ2n) is 5.60. The van der Waals surface area contributed by atoms with E-state index in [1.54, 1.807) is 0 Å². The minimum atomic E-state index is -0.204. The summed E-state index contributed by atoms with van der Waals surface area (Å²) in [5.41, 5.74) is 7.40. The predicted molar refractivity (Wildman–Crippen MR) is 70.1 cm³/mol. The van der Waals surface area contributed by atoms with Crippen LogP contribution in [-0.2, 0) is 6.42 Å². The van der Waals surface area contributed by atoms with Crippen molar-refractivity contribution in [3.05, 3.63) is 34.1 Å². The van der Waals surface area contributed by atoms with Gasteiger partial charge in [-0.25, -0.2) is 4.39 Å². The molecule has 0 aromatic heterocycles. The lowest BCUT2D eigenvalue weighted by Crippen LogP contribution is -2.31. The van der Waals surface area contributed by atoms with Crippen LogP contribution in [0.4, 0.5) is 4.39 Å². The van der Waals surface area contributed by atoms with E-state index < -0.39 is 0 Å². The monoisotopic (exact) mass is 297 g/mol. The Labute approximate surface area is 110 Å². The molecule has 0 bridgehead atoms. The van der Waals surface area contributed by atoms with Crippen LogP contribution in [0.15, 0.2) is 22.7 Å². The summed E-state index contributed by atoms with van der Waals surface area (Å²) < 4.78 is 13.7. The Morgan fingerprint density at radius 3 is 2.65 bits per heavy atom. The van der Waals surface area contributed by atoms with E-state index in [2.05, 4.69) is 15.9 Å². The molecule has 0 saturated heterocycles. The van der Waals surface area contributed by atoms with Crippen molar-refractivity contribution in [1.82, 2.24) is 0 Å². The third kappa shape index (κ3) is 2.41. The van der Waals surface area contributed by atoms with Crippen LogP contribution in [0.25, 0.3) is 0 Å². The summed E-state index contributed by atoms with van der Waals surface area (Å²) in [4.78, 5) is 0. The lowest BCUT2D eigenvalue weighted by molar-refractivity contribution is 0.392. The lowest BCUT2D eigenvalue weighted by atomic mass is 9.90. The van der Waals surface area contributed by atoms with Gasteiger partial charge in [0.1, 0.15) is 5.82 Å². The van der Waals surface area contributed by atoms with Gasteiger partial charge in [0.2, 0.25) is 0 Å². The summed E-state index contributed by atoms with van der Waals surface area (Å²) in [6, 6.07) is 5.44. The van der Waals surface area contributed by atoms with E-state index in [1.165, 1.54) is 25.3 Å². The van der Waals surface area contributed by atoms with Gasteiger partial charge in [-0.3, -0.25) is 0 Å². The van der Waals surface area contributed by atoms with Crippen LogP contribution in [0.2, 0.25) is 0 Å². The second kappa shape index (κ2) is 4.36. The SMILES string of the molecule is NC(Cc1ccc(F)c(Br)c1)C1CC2CC2C1. The molecule has 2 saturated carbocycles. The zero-order chi connectivity index (χ0) is 12.0. The minimum Gasteiger partial charge on any atom is -0.327 e. The molecule has 2 aliphatic rings. The first-order valence-electron chi connectivity index (χ1n) is 6.33. The number of rotatable bonds is 3. The van der Waals surface area contributed by atoms with Gasteiger partial charge in [0, 0.05) is 6.04 Å². The molecule has 0 spiro atoms. The van der Waals surface area contributed by atoms with E-state index in [-0.39, 0.29) is 11.9 Å². The molecule has 3 rings (SSSR count). The minimum absolute atomic E-state index is 0.204. The van der Waals surface area contributed by atoms with Crippen LogP contribution in [0.1, 0.15) is 24.8 Å². The maximum absolute atomic E-state index is 13.1. The first-order valence-corrected chi connectivity index (χ1v) is 7.12. The van der Waals surface area contributed by atoms with Gasteiger partial charge in [0.25, 0.3) is 0 Å². The lowest BCUT2D eigenvalue weighted by Gasteiger charge is -2.20. The third-order valence-corrected chi connectivity index (χ3v) is 4.95. The highest BCUT2D eigenvalue weighted by molar-refractivity contribution is 9.10. The van der Waals surface area contributed by atoms with Gasteiger partial charge in [0.05, 0.1) is 4.47 Å². The molecule has 3 heteroatoms. The van der Waals surface area contributed by atoms with Crippen molar-refractivity contribution in [2.45, 2.75) is 31.7 Å². The molecule has 0 amide bonds. The molecule has 92 valence electrons. The van der Waals surface area contributed by atoms with E-state index in [0.717, 1.165) is 23.8 Å². The molecule has 3 unspecified atom stereocenters. The molecular weight excluding hydrogens is 281 g/mol. The summed E-state index contributed by atoms with van der Waals surface area (Å²) in [6.07, 6.45) is 4.93. The summed E-state index contributed by atoms with van der Waals surface area (Å²) in [5.74, 6) is 2.43. The maximum Gasteiger partial charge on any atom is 0.137 e. The number of benzene rings is 1. The molecule has 0 heterocycles. The molecule has 2 aliphatic carbocycles. The largest absolute Gasteiger partial charge is 0.327 e. The van der Waals surface area contributed by atoms with Crippen molar-refractivity contribution < 1.29 is 4.39 Å². The average molecular weight is 298 g/mol. The number of fused-ring (bicyclic) bond motifs is 1. The number of hydrogen-bond acceptors (Lipinski definition) is 1. The molecule has 1 aromatic carbocycles. The Bertz CT molecular complexity index is 424. The molecule has 0 aliphatic heterocycles. The predicted octanol–water partition coefficient (Wildman–Crippen LogP) is 3.50. The summed E-state index contributed by atoms with van der Waals surface area (Å²) in [6.45, 7) is 0. The highest BCUT2D eigenvalue weighted by Crippen LogP contribution is 2.55. The van der Waals surface area contributed by atoms with E-state index in [9.17, 15) is 4.39 Å². The summed E-state index contributed by atoms with van der Waals surface area (Å²) >= 11 is 3.22. The van der Waals surface area contributed by atoms with Crippen LogP contribution < -0.4 is 5.73 Å². The topological polar surface area (TPSA) is 26.0 Å². The van der Waals surface area contributed by atoms with Crippen LogP contribution in [0, 0.1) is 23.6 Å². The fraction of sp³-hybridized carbons (Fsp3) is 0.571. The number of nitrogens with two attached hydrogens (primary N) is 1. The maximum atomic E-state index is 13.1. The van der Waals surface area contributed by atoms with Crippen molar-refractivity contribution >= 4 is 15.9 Å². The van der Waals surface area contributed by atoms with E-state index in [0.29, 0.717) is 10.4 Å². The molecular formula is C14H17BrFN. The third-order valence-electron chi connectivity index (χ3n) is 4.34. The number of hydrogen-bond donors (Lipinski definition) is 1. The van der Waals surface area contributed by atoms with Crippen molar-refractivity contribution in [3.63, 3.8) is 0 Å². The van der Waals surface area contributed by atoms with Gasteiger partial charge in [0.15, 0.2) is 0 Å². The molecule has 1 nitrogen and oxygen atoms in total. The zero-order valence-electron chi connectivity index (χ0n) is 9.70. The Morgan fingerprint density at radius 2 is 2.00 bits per heavy atom. The standard InChI is InChI=1S/C14H17BrFN/c15-12-3-8(1-2-13(12)16)4-14(17)11-6-9-5-10(9)7-11/h1-3,9-11,14H,4-7,17H2. The van der Waals surface area contributed by atoms with Crippen molar-refractivity contribution in [2.75, 3.05) is 0 Å². The second-order valence-corrected chi connectivity index (χ2v) is 6.46. The first-order chi connectivity index (χ1) is 8.13. The molecule has 0 radical (unpaired) electrons. The Hall–Kier alpha value is -0.410. The van der Waals surface area contributed by atoms with Gasteiger partial charge >= 0.3 is 0 Å². The molecule has 2 fully saturated rings. The number of halogens is 2. The first kappa shape index (κ1) is 11.7. The van der Waals surface area contributed by atoms with E-state index in [1.807, 2.05) is 12.1 Å². The van der Waals surface area contributed by atoms with Crippen molar-refractivity contribution in [1.29, 1.82) is 0 Å². The smallest absolute Gasteiger partial charge is 0.137 e. The van der Waals surface area contributed by atoms with Gasteiger partial charge < -0.3 is 5.73 Å². The van der Waals surface area contributed by atoms with Gasteiger partial charge in [-0.1, -0.05) is 6.07 Å².